The number of rotatable bonds is 11. The number of alkyl halides is 3. The first-order chi connectivity index (χ1) is 15.4. The van der Waals surface area contributed by atoms with Gasteiger partial charge in [-0.3, -0.25) is 0 Å². The van der Waals surface area contributed by atoms with Gasteiger partial charge in [-0.15, -0.1) is 13.2 Å². The molecule has 2 aliphatic rings. The number of benzene rings is 1. The lowest BCUT2D eigenvalue weighted by atomic mass is 9.68. The molecule has 3 rings (SSSR count). The maximum atomic E-state index is 12.2. The van der Waals surface area contributed by atoms with Gasteiger partial charge in [-0.2, -0.15) is 0 Å². The first kappa shape index (κ1) is 25.4. The van der Waals surface area contributed by atoms with E-state index < -0.39 is 6.36 Å². The van der Waals surface area contributed by atoms with E-state index in [0.717, 1.165) is 42.1 Å². The lowest BCUT2D eigenvalue weighted by Gasteiger charge is -2.38. The molecule has 0 radical (unpaired) electrons. The van der Waals surface area contributed by atoms with Crippen LogP contribution < -0.4 is 4.74 Å². The molecule has 0 N–H and O–H groups in total. The van der Waals surface area contributed by atoms with Crippen molar-refractivity contribution in [3.8, 4) is 5.75 Å². The third-order valence-corrected chi connectivity index (χ3v) is 8.15. The Morgan fingerprint density at radius 1 is 0.719 bits per heavy atom. The van der Waals surface area contributed by atoms with Crippen LogP contribution in [0.15, 0.2) is 24.3 Å². The van der Waals surface area contributed by atoms with Crippen LogP contribution in [-0.2, 0) is 6.42 Å². The van der Waals surface area contributed by atoms with Crippen molar-refractivity contribution < 1.29 is 17.9 Å². The van der Waals surface area contributed by atoms with Gasteiger partial charge in [0, 0.05) is 0 Å². The molecule has 0 saturated heterocycles. The van der Waals surface area contributed by atoms with E-state index in [-0.39, 0.29) is 5.75 Å². The second-order valence-corrected chi connectivity index (χ2v) is 10.5. The van der Waals surface area contributed by atoms with Gasteiger partial charge in [0.05, 0.1) is 0 Å². The molecule has 0 heterocycles. The van der Waals surface area contributed by atoms with E-state index in [1.807, 2.05) is 0 Å². The first-order valence-corrected chi connectivity index (χ1v) is 13.3. The Morgan fingerprint density at radius 2 is 1.22 bits per heavy atom. The molecule has 32 heavy (non-hydrogen) atoms. The second kappa shape index (κ2) is 12.9. The molecule has 0 spiro atoms. The van der Waals surface area contributed by atoms with Gasteiger partial charge < -0.3 is 4.74 Å². The third-order valence-electron chi connectivity index (χ3n) is 8.15. The van der Waals surface area contributed by atoms with Crippen LogP contribution >= 0.6 is 0 Å². The number of hydrogen-bond donors (Lipinski definition) is 0. The number of halogens is 3. The summed E-state index contributed by atoms with van der Waals surface area (Å²) in [6.45, 7) is 2.30. The normalized spacial score (nSPS) is 26.8. The predicted octanol–water partition coefficient (Wildman–Crippen LogP) is 9.49. The van der Waals surface area contributed by atoms with Crippen molar-refractivity contribution >= 4 is 0 Å². The van der Waals surface area contributed by atoms with Gasteiger partial charge in [0.25, 0.3) is 0 Å². The van der Waals surface area contributed by atoms with Crippen molar-refractivity contribution in [3.05, 3.63) is 29.8 Å². The zero-order valence-corrected chi connectivity index (χ0v) is 20.0. The van der Waals surface area contributed by atoms with E-state index in [4.69, 9.17) is 0 Å². The van der Waals surface area contributed by atoms with Crippen LogP contribution in [0.4, 0.5) is 13.2 Å². The lowest BCUT2D eigenvalue weighted by molar-refractivity contribution is -0.274. The minimum Gasteiger partial charge on any atom is -0.406 e. The summed E-state index contributed by atoms with van der Waals surface area (Å²) in [5, 5.41) is 0. The summed E-state index contributed by atoms with van der Waals surface area (Å²) in [6.07, 6.45) is 17.3. The van der Waals surface area contributed by atoms with Crippen LogP contribution in [0.2, 0.25) is 0 Å². The van der Waals surface area contributed by atoms with Crippen molar-refractivity contribution in [1.82, 2.24) is 0 Å². The van der Waals surface area contributed by atoms with E-state index in [9.17, 15) is 13.2 Å². The fourth-order valence-corrected chi connectivity index (χ4v) is 6.20. The van der Waals surface area contributed by atoms with E-state index in [1.165, 1.54) is 102 Å². The number of unbranched alkanes of at least 4 members (excludes halogenated alkanes) is 3. The highest BCUT2D eigenvalue weighted by molar-refractivity contribution is 5.27. The molecule has 1 nitrogen and oxygen atoms in total. The monoisotopic (exact) mass is 452 g/mol. The third kappa shape index (κ3) is 8.98. The summed E-state index contributed by atoms with van der Waals surface area (Å²) >= 11 is 0. The smallest absolute Gasteiger partial charge is 0.406 e. The Morgan fingerprint density at radius 3 is 1.69 bits per heavy atom. The summed E-state index contributed by atoms with van der Waals surface area (Å²) in [6, 6.07) is 6.35. The van der Waals surface area contributed by atoms with Crippen molar-refractivity contribution in [2.45, 2.75) is 116 Å². The van der Waals surface area contributed by atoms with Crippen LogP contribution in [0.5, 0.6) is 5.75 Å². The molecule has 0 atom stereocenters. The first-order valence-electron chi connectivity index (χ1n) is 13.3. The van der Waals surface area contributed by atoms with Gasteiger partial charge >= 0.3 is 6.36 Å². The Balaban J connectivity index is 1.25. The number of hydrogen-bond acceptors (Lipinski definition) is 1. The maximum Gasteiger partial charge on any atom is 0.573 e. The van der Waals surface area contributed by atoms with Crippen LogP contribution in [-0.4, -0.2) is 6.36 Å². The van der Waals surface area contributed by atoms with E-state index >= 15 is 0 Å². The summed E-state index contributed by atoms with van der Waals surface area (Å²) in [7, 11) is 0. The quantitative estimate of drug-likeness (QED) is 0.304. The Bertz CT molecular complexity index is 623. The van der Waals surface area contributed by atoms with Gasteiger partial charge in [-0.1, -0.05) is 83.3 Å². The van der Waals surface area contributed by atoms with Crippen LogP contribution in [0.1, 0.15) is 109 Å². The molecule has 2 aliphatic carbocycles. The fraction of sp³-hybridized carbons (Fsp3) is 0.786. The molecule has 2 saturated carbocycles. The highest BCUT2D eigenvalue weighted by atomic mass is 19.4. The summed E-state index contributed by atoms with van der Waals surface area (Å²) in [5.74, 6) is 3.76. The molecule has 4 heteroatoms. The largest absolute Gasteiger partial charge is 0.573 e. The Hall–Kier alpha value is -1.19. The van der Waals surface area contributed by atoms with Crippen molar-refractivity contribution in [2.75, 3.05) is 0 Å². The average molecular weight is 453 g/mol. The molecule has 2 fully saturated rings. The van der Waals surface area contributed by atoms with Gasteiger partial charge in [-0.25, -0.2) is 0 Å². The molecule has 0 unspecified atom stereocenters. The van der Waals surface area contributed by atoms with Crippen molar-refractivity contribution in [1.29, 1.82) is 0 Å². The van der Waals surface area contributed by atoms with Crippen LogP contribution in [0, 0.1) is 23.7 Å². The molecule has 0 amide bonds. The molecule has 1 aromatic carbocycles. The highest BCUT2D eigenvalue weighted by Gasteiger charge is 2.31. The molecule has 182 valence electrons. The van der Waals surface area contributed by atoms with Gasteiger partial charge in [0.2, 0.25) is 0 Å². The summed E-state index contributed by atoms with van der Waals surface area (Å²) < 4.78 is 40.7. The lowest BCUT2D eigenvalue weighted by Crippen LogP contribution is -2.25. The van der Waals surface area contributed by atoms with E-state index in [2.05, 4.69) is 11.7 Å². The van der Waals surface area contributed by atoms with Gasteiger partial charge in [-0.05, 0) is 79.9 Å². The Kier molecular flexibility index (Phi) is 10.2. The predicted molar refractivity (Wildman–Crippen MR) is 126 cm³/mol. The van der Waals surface area contributed by atoms with Crippen LogP contribution in [0.3, 0.4) is 0 Å². The molecule has 1 aromatic rings. The fourth-order valence-electron chi connectivity index (χ4n) is 6.20. The molecule has 0 aliphatic heterocycles. The zero-order valence-electron chi connectivity index (χ0n) is 20.0. The maximum absolute atomic E-state index is 12.2. The Labute approximate surface area is 193 Å². The topological polar surface area (TPSA) is 9.23 Å². The second-order valence-electron chi connectivity index (χ2n) is 10.5. The number of ether oxygens (including phenoxy) is 1. The minimum atomic E-state index is -4.62. The van der Waals surface area contributed by atoms with Gasteiger partial charge in [0.1, 0.15) is 5.75 Å². The van der Waals surface area contributed by atoms with E-state index in [1.54, 1.807) is 12.1 Å². The summed E-state index contributed by atoms with van der Waals surface area (Å²) in [4.78, 5) is 0. The molecular formula is C28H43F3O. The molecular weight excluding hydrogens is 409 g/mol. The standard InChI is InChI=1S/C28H43F3O/c1-2-3-4-7-22-10-16-25(17-11-22)26-18-12-23(13-19-26)8-5-6-9-24-14-20-27(21-15-24)32-28(29,30)31/h14-15,20-23,25-26H,2-13,16-19H2,1H3. The summed E-state index contributed by atoms with van der Waals surface area (Å²) in [5.41, 5.74) is 1.09. The van der Waals surface area contributed by atoms with Crippen molar-refractivity contribution in [2.24, 2.45) is 23.7 Å². The van der Waals surface area contributed by atoms with Crippen molar-refractivity contribution in [3.63, 3.8) is 0 Å². The average Bonchev–Trinajstić information content (AvgIpc) is 2.78. The zero-order chi connectivity index (χ0) is 22.8. The number of aryl methyl sites for hydroxylation is 1. The van der Waals surface area contributed by atoms with Crippen LogP contribution in [0.25, 0.3) is 0 Å². The van der Waals surface area contributed by atoms with Gasteiger partial charge in [0.15, 0.2) is 0 Å². The SMILES string of the molecule is CCCCCC1CCC(C2CCC(CCCCc3ccc(OC(F)(F)F)cc3)CC2)CC1. The molecule has 0 aromatic heterocycles. The highest BCUT2D eigenvalue weighted by Crippen LogP contribution is 2.43. The minimum absolute atomic E-state index is 0.136. The molecule has 0 bridgehead atoms. The van der Waals surface area contributed by atoms with E-state index in [0.29, 0.717) is 0 Å².